The van der Waals surface area contributed by atoms with Crippen molar-refractivity contribution in [1.29, 1.82) is 0 Å². The van der Waals surface area contributed by atoms with Gasteiger partial charge in [-0.25, -0.2) is 0 Å². The first-order valence-electron chi connectivity index (χ1n) is 7.81. The van der Waals surface area contributed by atoms with Gasteiger partial charge in [0, 0.05) is 39.7 Å². The van der Waals surface area contributed by atoms with Gasteiger partial charge < -0.3 is 19.3 Å². The molecule has 2 amide bonds. The van der Waals surface area contributed by atoms with Crippen molar-refractivity contribution in [3.63, 3.8) is 0 Å². The fourth-order valence-corrected chi connectivity index (χ4v) is 2.62. The topological polar surface area (TPSA) is 59.1 Å². The maximum absolute atomic E-state index is 12.3. The fourth-order valence-electron chi connectivity index (χ4n) is 2.62. The molecule has 0 bridgehead atoms. The van der Waals surface area contributed by atoms with Gasteiger partial charge in [0.2, 0.25) is 11.8 Å². The Morgan fingerprint density at radius 1 is 0.957 bits per heavy atom. The normalized spacial score (nSPS) is 14.7. The van der Waals surface area contributed by atoms with Crippen LogP contribution in [-0.4, -0.2) is 68.6 Å². The van der Waals surface area contributed by atoms with E-state index in [1.165, 1.54) is 7.11 Å². The summed E-state index contributed by atoms with van der Waals surface area (Å²) in [5.74, 6) is 0.939. The van der Waals surface area contributed by atoms with Gasteiger partial charge in [0.05, 0.1) is 7.11 Å². The van der Waals surface area contributed by atoms with Gasteiger partial charge in [0.25, 0.3) is 0 Å². The van der Waals surface area contributed by atoms with Crippen LogP contribution in [0.3, 0.4) is 0 Å². The quantitative estimate of drug-likeness (QED) is 0.783. The van der Waals surface area contributed by atoms with Gasteiger partial charge in [-0.15, -0.1) is 0 Å². The molecule has 0 saturated carbocycles. The first kappa shape index (κ1) is 17.3. The van der Waals surface area contributed by atoms with Crippen LogP contribution in [0.25, 0.3) is 0 Å². The van der Waals surface area contributed by atoms with Gasteiger partial charge in [-0.3, -0.25) is 9.59 Å². The molecule has 6 heteroatoms. The summed E-state index contributed by atoms with van der Waals surface area (Å²) in [6, 6.07) is 7.76. The van der Waals surface area contributed by atoms with E-state index in [0.717, 1.165) is 11.3 Å². The largest absolute Gasteiger partial charge is 0.497 e. The van der Waals surface area contributed by atoms with E-state index in [1.54, 1.807) is 12.0 Å². The molecule has 0 aliphatic carbocycles. The van der Waals surface area contributed by atoms with Crippen LogP contribution in [0.5, 0.6) is 5.75 Å². The number of ether oxygens (including phenoxy) is 2. The van der Waals surface area contributed by atoms with E-state index in [9.17, 15) is 9.59 Å². The summed E-state index contributed by atoms with van der Waals surface area (Å²) in [6.07, 6.45) is 1.20. The van der Waals surface area contributed by atoms with E-state index in [0.29, 0.717) is 39.0 Å². The van der Waals surface area contributed by atoms with E-state index < -0.39 is 0 Å². The minimum absolute atomic E-state index is 0.0159. The average molecular weight is 320 g/mol. The molecule has 1 aromatic rings. The summed E-state index contributed by atoms with van der Waals surface area (Å²) < 4.78 is 9.97. The zero-order chi connectivity index (χ0) is 16.7. The van der Waals surface area contributed by atoms with Gasteiger partial charge in [0.15, 0.2) is 0 Å². The smallest absolute Gasteiger partial charge is 0.248 e. The van der Waals surface area contributed by atoms with Gasteiger partial charge in [-0.1, -0.05) is 12.1 Å². The lowest BCUT2D eigenvalue weighted by Crippen LogP contribution is -2.51. The highest BCUT2D eigenvalue weighted by atomic mass is 16.5. The summed E-state index contributed by atoms with van der Waals surface area (Å²) >= 11 is 0. The van der Waals surface area contributed by atoms with Crippen LogP contribution in [0, 0.1) is 0 Å². The van der Waals surface area contributed by atoms with Crippen LogP contribution in [0.2, 0.25) is 0 Å². The highest BCUT2D eigenvalue weighted by Gasteiger charge is 2.23. The third-order valence-electron chi connectivity index (χ3n) is 4.04. The Hall–Kier alpha value is -2.08. The molecule has 23 heavy (non-hydrogen) atoms. The van der Waals surface area contributed by atoms with Crippen LogP contribution in [-0.2, 0) is 20.7 Å². The third kappa shape index (κ3) is 4.96. The molecule has 1 fully saturated rings. The monoisotopic (exact) mass is 320 g/mol. The third-order valence-corrected chi connectivity index (χ3v) is 4.04. The first-order valence-corrected chi connectivity index (χ1v) is 7.81. The van der Waals surface area contributed by atoms with E-state index >= 15 is 0 Å². The molecular weight excluding hydrogens is 296 g/mol. The molecule has 0 aromatic heterocycles. The van der Waals surface area contributed by atoms with Crippen molar-refractivity contribution in [2.45, 2.75) is 12.8 Å². The lowest BCUT2D eigenvalue weighted by atomic mass is 10.1. The second kappa shape index (κ2) is 8.53. The maximum Gasteiger partial charge on any atom is 0.248 e. The molecule has 0 unspecified atom stereocenters. The first-order chi connectivity index (χ1) is 11.1. The van der Waals surface area contributed by atoms with Crippen molar-refractivity contribution in [2.24, 2.45) is 0 Å². The van der Waals surface area contributed by atoms with Crippen LogP contribution in [0.4, 0.5) is 0 Å². The van der Waals surface area contributed by atoms with E-state index in [4.69, 9.17) is 9.47 Å². The minimum Gasteiger partial charge on any atom is -0.497 e. The lowest BCUT2D eigenvalue weighted by molar-refractivity contribution is -0.141. The van der Waals surface area contributed by atoms with E-state index in [2.05, 4.69) is 0 Å². The summed E-state index contributed by atoms with van der Waals surface area (Å²) in [4.78, 5) is 27.6. The molecule has 6 nitrogen and oxygen atoms in total. The van der Waals surface area contributed by atoms with Crippen molar-refractivity contribution < 1.29 is 19.1 Å². The van der Waals surface area contributed by atoms with Gasteiger partial charge in [0.1, 0.15) is 12.4 Å². The molecule has 1 heterocycles. The zero-order valence-corrected chi connectivity index (χ0v) is 13.8. The highest BCUT2D eigenvalue weighted by Crippen LogP contribution is 2.13. The minimum atomic E-state index is -0.0159. The summed E-state index contributed by atoms with van der Waals surface area (Å²) in [7, 11) is 3.15. The van der Waals surface area contributed by atoms with Gasteiger partial charge >= 0.3 is 0 Å². The molecule has 0 spiro atoms. The van der Waals surface area contributed by atoms with Crippen LogP contribution in [0.15, 0.2) is 24.3 Å². The number of piperazine rings is 1. The number of aryl methyl sites for hydroxylation is 1. The lowest BCUT2D eigenvalue weighted by Gasteiger charge is -2.34. The Labute approximate surface area is 137 Å². The molecule has 1 aliphatic heterocycles. The van der Waals surface area contributed by atoms with Gasteiger partial charge in [-0.2, -0.15) is 0 Å². The number of carbonyl (C=O) groups is 2. The summed E-state index contributed by atoms with van der Waals surface area (Å²) in [5, 5.41) is 0. The highest BCUT2D eigenvalue weighted by molar-refractivity contribution is 5.79. The van der Waals surface area contributed by atoms with Gasteiger partial charge in [-0.05, 0) is 24.1 Å². The molecule has 1 aliphatic rings. The molecule has 0 N–H and O–H groups in total. The number of methoxy groups -OCH3 is 2. The van der Waals surface area contributed by atoms with Crippen LogP contribution < -0.4 is 4.74 Å². The molecule has 0 atom stereocenters. The number of benzene rings is 1. The summed E-state index contributed by atoms with van der Waals surface area (Å²) in [5.41, 5.74) is 1.12. The predicted molar refractivity (Wildman–Crippen MR) is 86.4 cm³/mol. The maximum atomic E-state index is 12.3. The van der Waals surface area contributed by atoms with E-state index in [-0.39, 0.29) is 18.4 Å². The number of rotatable bonds is 6. The summed E-state index contributed by atoms with van der Waals surface area (Å²) in [6.45, 7) is 2.45. The average Bonchev–Trinajstić information content (AvgIpc) is 2.60. The van der Waals surface area contributed by atoms with Crippen LogP contribution >= 0.6 is 0 Å². The zero-order valence-electron chi connectivity index (χ0n) is 13.8. The van der Waals surface area contributed by atoms with E-state index in [1.807, 2.05) is 29.2 Å². The molecular formula is C17H24N2O4. The Morgan fingerprint density at radius 2 is 1.52 bits per heavy atom. The second-order valence-corrected chi connectivity index (χ2v) is 5.54. The Bertz CT molecular complexity index is 522. The predicted octanol–water partition coefficient (Wildman–Crippen LogP) is 0.945. The molecule has 2 rings (SSSR count). The van der Waals surface area contributed by atoms with Crippen molar-refractivity contribution >= 4 is 11.8 Å². The Morgan fingerprint density at radius 3 is 2.04 bits per heavy atom. The Kier molecular flexibility index (Phi) is 6.40. The van der Waals surface area contributed by atoms with Crippen molar-refractivity contribution in [2.75, 3.05) is 47.0 Å². The standard InChI is InChI=1S/C17H24N2O4/c1-22-13-17(21)19-11-9-18(10-12-19)16(20)8-5-14-3-6-15(23-2)7-4-14/h3-4,6-7H,5,8-13H2,1-2H3. The van der Waals surface area contributed by atoms with Crippen molar-refractivity contribution in [3.05, 3.63) is 29.8 Å². The molecule has 126 valence electrons. The molecule has 1 aromatic carbocycles. The number of nitrogens with zero attached hydrogens (tertiary/aromatic N) is 2. The number of amides is 2. The number of carbonyl (C=O) groups excluding carboxylic acids is 2. The van der Waals surface area contributed by atoms with Crippen molar-refractivity contribution in [3.8, 4) is 5.75 Å². The molecule has 0 radical (unpaired) electrons. The number of hydrogen-bond acceptors (Lipinski definition) is 4. The molecule has 1 saturated heterocycles. The SMILES string of the molecule is COCC(=O)N1CCN(C(=O)CCc2ccc(OC)cc2)CC1. The Balaban J connectivity index is 1.75. The van der Waals surface area contributed by atoms with Crippen LogP contribution in [0.1, 0.15) is 12.0 Å². The second-order valence-electron chi connectivity index (χ2n) is 5.54. The fraction of sp³-hybridized carbons (Fsp3) is 0.529. The number of hydrogen-bond donors (Lipinski definition) is 0. The van der Waals surface area contributed by atoms with Crippen molar-refractivity contribution in [1.82, 2.24) is 9.80 Å².